The number of ether oxygens (including phenoxy) is 1. The summed E-state index contributed by atoms with van der Waals surface area (Å²) in [6.07, 6.45) is 2.24. The van der Waals surface area contributed by atoms with Crippen molar-refractivity contribution < 1.29 is 9.66 Å². The van der Waals surface area contributed by atoms with Gasteiger partial charge in [-0.1, -0.05) is 0 Å². The van der Waals surface area contributed by atoms with Gasteiger partial charge in [-0.15, -0.1) is 0 Å². The first kappa shape index (κ1) is 14.5. The molecule has 0 aliphatic rings. The Balaban J connectivity index is 2.67. The monoisotopic (exact) mass is 253 g/mol. The van der Waals surface area contributed by atoms with E-state index in [1.807, 2.05) is 0 Å². The largest absolute Gasteiger partial charge is 0.383 e. The lowest BCUT2D eigenvalue weighted by Gasteiger charge is -2.08. The van der Waals surface area contributed by atoms with Crippen LogP contribution in [-0.4, -0.2) is 36.7 Å². The number of nitrogens with zero attached hydrogens (tertiary/aromatic N) is 2. The summed E-state index contributed by atoms with van der Waals surface area (Å²) in [7, 11) is 1.65. The highest BCUT2D eigenvalue weighted by molar-refractivity contribution is 5.47. The molecule has 0 fully saturated rings. The predicted octanol–water partition coefficient (Wildman–Crippen LogP) is 1.39. The van der Waals surface area contributed by atoms with Gasteiger partial charge >= 0.3 is 0 Å². The Bertz CT molecular complexity index is 421. The number of pyridine rings is 1. The van der Waals surface area contributed by atoms with Crippen molar-refractivity contribution >= 4 is 5.69 Å². The fourth-order valence-corrected chi connectivity index (χ4v) is 1.80. The summed E-state index contributed by atoms with van der Waals surface area (Å²) in [4.78, 5) is 14.9. The zero-order valence-electron chi connectivity index (χ0n) is 11.0. The number of nitrogens with one attached hydrogen (secondary N) is 1. The molecule has 0 amide bonds. The first-order valence-corrected chi connectivity index (χ1v) is 5.87. The van der Waals surface area contributed by atoms with E-state index in [9.17, 15) is 10.1 Å². The molecule has 6 nitrogen and oxygen atoms in total. The molecule has 0 saturated carbocycles. The van der Waals surface area contributed by atoms with E-state index >= 15 is 0 Å². The van der Waals surface area contributed by atoms with Crippen molar-refractivity contribution in [3.63, 3.8) is 0 Å². The molecule has 0 spiro atoms. The maximum Gasteiger partial charge on any atom is 0.278 e. The lowest BCUT2D eigenvalue weighted by Crippen LogP contribution is -2.22. The Labute approximate surface area is 107 Å². The van der Waals surface area contributed by atoms with Gasteiger partial charge in [-0.05, 0) is 13.8 Å². The number of nitro groups is 1. The lowest BCUT2D eigenvalue weighted by atomic mass is 10.1. The maximum absolute atomic E-state index is 11.0. The van der Waals surface area contributed by atoms with Gasteiger partial charge in [0.25, 0.3) is 5.69 Å². The molecule has 0 radical (unpaired) electrons. The van der Waals surface area contributed by atoms with Crippen molar-refractivity contribution in [1.82, 2.24) is 10.3 Å². The minimum Gasteiger partial charge on any atom is -0.383 e. The van der Waals surface area contributed by atoms with Crippen LogP contribution in [0.5, 0.6) is 0 Å². The number of aromatic nitrogens is 1. The molecular weight excluding hydrogens is 234 g/mol. The molecule has 0 aromatic carbocycles. The van der Waals surface area contributed by atoms with E-state index in [0.717, 1.165) is 18.8 Å². The van der Waals surface area contributed by atoms with Crippen LogP contribution in [-0.2, 0) is 11.2 Å². The zero-order chi connectivity index (χ0) is 13.5. The van der Waals surface area contributed by atoms with Crippen LogP contribution < -0.4 is 5.32 Å². The molecular formula is C12H19N3O3. The van der Waals surface area contributed by atoms with Gasteiger partial charge < -0.3 is 10.1 Å². The molecule has 1 heterocycles. The fourth-order valence-electron chi connectivity index (χ4n) is 1.80. The van der Waals surface area contributed by atoms with Crippen molar-refractivity contribution in [1.29, 1.82) is 0 Å². The van der Waals surface area contributed by atoms with Crippen LogP contribution in [0.2, 0.25) is 0 Å². The van der Waals surface area contributed by atoms with E-state index in [4.69, 9.17) is 4.74 Å². The van der Waals surface area contributed by atoms with Crippen molar-refractivity contribution in [3.05, 3.63) is 33.1 Å². The third-order valence-corrected chi connectivity index (χ3v) is 2.78. The van der Waals surface area contributed by atoms with Gasteiger partial charge in [0.2, 0.25) is 0 Å². The molecule has 100 valence electrons. The third-order valence-electron chi connectivity index (χ3n) is 2.78. The van der Waals surface area contributed by atoms with Crippen molar-refractivity contribution in [2.24, 2.45) is 0 Å². The molecule has 1 N–H and O–H groups in total. The van der Waals surface area contributed by atoms with Gasteiger partial charge in [0.05, 0.1) is 17.2 Å². The molecule has 0 atom stereocenters. The number of hydrogen-bond donors (Lipinski definition) is 1. The van der Waals surface area contributed by atoms with Gasteiger partial charge in [0, 0.05) is 43.9 Å². The second-order valence-electron chi connectivity index (χ2n) is 4.11. The molecule has 0 bridgehead atoms. The topological polar surface area (TPSA) is 77.3 Å². The fraction of sp³-hybridized carbons (Fsp3) is 0.583. The Morgan fingerprint density at radius 2 is 2.17 bits per heavy atom. The average Bonchev–Trinajstić information content (AvgIpc) is 2.31. The summed E-state index contributed by atoms with van der Waals surface area (Å²) >= 11 is 0. The molecule has 0 aliphatic heterocycles. The van der Waals surface area contributed by atoms with Crippen molar-refractivity contribution in [3.8, 4) is 0 Å². The summed E-state index contributed by atoms with van der Waals surface area (Å²) in [5, 5.41) is 14.1. The first-order valence-electron chi connectivity index (χ1n) is 5.87. The molecule has 1 rings (SSSR count). The van der Waals surface area contributed by atoms with Crippen LogP contribution in [0.15, 0.2) is 6.20 Å². The van der Waals surface area contributed by atoms with E-state index in [-0.39, 0.29) is 10.6 Å². The molecule has 1 aromatic rings. The van der Waals surface area contributed by atoms with Gasteiger partial charge in [0.1, 0.15) is 0 Å². The van der Waals surface area contributed by atoms with Crippen LogP contribution in [0.3, 0.4) is 0 Å². The van der Waals surface area contributed by atoms with Crippen LogP contribution in [0, 0.1) is 24.0 Å². The third kappa shape index (κ3) is 3.75. The Morgan fingerprint density at radius 1 is 1.44 bits per heavy atom. The summed E-state index contributed by atoms with van der Waals surface area (Å²) in [6, 6.07) is 0. The number of methoxy groups -OCH3 is 1. The molecule has 0 aliphatic carbocycles. The standard InChI is InChI=1S/C12H19N3O3/c1-9-8-14-11(4-5-13-6-7-18-3)10(2)12(9)15(16)17/h8,13H,4-7H2,1-3H3. The molecule has 0 unspecified atom stereocenters. The molecule has 18 heavy (non-hydrogen) atoms. The van der Waals surface area contributed by atoms with Gasteiger partial charge in [-0.25, -0.2) is 0 Å². The van der Waals surface area contributed by atoms with E-state index < -0.39 is 0 Å². The van der Waals surface area contributed by atoms with E-state index in [0.29, 0.717) is 24.2 Å². The van der Waals surface area contributed by atoms with Crippen molar-refractivity contribution in [2.45, 2.75) is 20.3 Å². The Kier molecular flexibility index (Phi) is 5.67. The molecule has 0 saturated heterocycles. The smallest absolute Gasteiger partial charge is 0.278 e. The highest BCUT2D eigenvalue weighted by Gasteiger charge is 2.18. The second-order valence-corrected chi connectivity index (χ2v) is 4.11. The number of hydrogen-bond acceptors (Lipinski definition) is 5. The summed E-state index contributed by atoms with van der Waals surface area (Å²) in [6.45, 7) is 5.61. The summed E-state index contributed by atoms with van der Waals surface area (Å²) in [5.74, 6) is 0. The highest BCUT2D eigenvalue weighted by Crippen LogP contribution is 2.23. The SMILES string of the molecule is COCCNCCc1ncc(C)c([N+](=O)[O-])c1C. The second kappa shape index (κ2) is 7.03. The van der Waals surface area contributed by atoms with Crippen molar-refractivity contribution in [2.75, 3.05) is 26.8 Å². The first-order chi connectivity index (χ1) is 8.57. The minimum atomic E-state index is -0.339. The zero-order valence-corrected chi connectivity index (χ0v) is 11.0. The van der Waals surface area contributed by atoms with E-state index in [1.54, 1.807) is 27.2 Å². The van der Waals surface area contributed by atoms with Gasteiger partial charge in [0.15, 0.2) is 0 Å². The van der Waals surface area contributed by atoms with Gasteiger partial charge in [-0.2, -0.15) is 0 Å². The quantitative estimate of drug-likeness (QED) is 0.451. The highest BCUT2D eigenvalue weighted by atomic mass is 16.6. The molecule has 6 heteroatoms. The predicted molar refractivity (Wildman–Crippen MR) is 68.8 cm³/mol. The van der Waals surface area contributed by atoms with Gasteiger partial charge in [-0.3, -0.25) is 15.1 Å². The van der Waals surface area contributed by atoms with Crippen LogP contribution >= 0.6 is 0 Å². The average molecular weight is 253 g/mol. The van der Waals surface area contributed by atoms with E-state index in [2.05, 4.69) is 10.3 Å². The number of rotatable bonds is 7. The summed E-state index contributed by atoms with van der Waals surface area (Å²) in [5.41, 5.74) is 2.22. The molecule has 1 aromatic heterocycles. The van der Waals surface area contributed by atoms with Crippen LogP contribution in [0.1, 0.15) is 16.8 Å². The van der Waals surface area contributed by atoms with Crippen LogP contribution in [0.25, 0.3) is 0 Å². The lowest BCUT2D eigenvalue weighted by molar-refractivity contribution is -0.386. The Morgan fingerprint density at radius 3 is 2.78 bits per heavy atom. The normalized spacial score (nSPS) is 10.6. The summed E-state index contributed by atoms with van der Waals surface area (Å²) < 4.78 is 4.92. The Hall–Kier alpha value is -1.53. The van der Waals surface area contributed by atoms with E-state index in [1.165, 1.54) is 0 Å². The van der Waals surface area contributed by atoms with Crippen LogP contribution in [0.4, 0.5) is 5.69 Å². The number of aryl methyl sites for hydroxylation is 1. The minimum absolute atomic E-state index is 0.178. The maximum atomic E-state index is 11.0.